The third-order valence-corrected chi connectivity index (χ3v) is 4.53. The monoisotopic (exact) mass is 343 g/mol. The summed E-state index contributed by atoms with van der Waals surface area (Å²) in [6, 6.07) is -1.06. The zero-order valence-corrected chi connectivity index (χ0v) is 13.5. The highest BCUT2D eigenvalue weighted by molar-refractivity contribution is 7.18. The molecule has 0 radical (unpaired) electrons. The predicted octanol–water partition coefficient (Wildman–Crippen LogP) is 2.69. The summed E-state index contributed by atoms with van der Waals surface area (Å²) in [4.78, 5) is 31.8. The number of halogens is 1. The number of aryl methyl sites for hydroxylation is 2. The number of rotatable bonds is 6. The van der Waals surface area contributed by atoms with Gasteiger partial charge in [-0.05, 0) is 37.4 Å². The van der Waals surface area contributed by atoms with E-state index in [-0.39, 0.29) is 18.1 Å². The molecule has 0 aliphatic heterocycles. The summed E-state index contributed by atoms with van der Waals surface area (Å²) in [5, 5.41) is 21.5. The fraction of sp³-hybridized carbons (Fsp3) is 0.385. The number of hydrogen-bond donors (Lipinski definition) is 3. The van der Waals surface area contributed by atoms with Crippen molar-refractivity contribution in [2.24, 2.45) is 0 Å². The third kappa shape index (κ3) is 3.45. The van der Waals surface area contributed by atoms with Gasteiger partial charge in [-0.25, -0.2) is 14.8 Å². The maximum atomic E-state index is 11.3. The number of nitrogens with one attached hydrogen (secondary N) is 1. The van der Waals surface area contributed by atoms with Crippen LogP contribution < -0.4 is 5.32 Å². The minimum absolute atomic E-state index is 0.0126. The van der Waals surface area contributed by atoms with E-state index in [2.05, 4.69) is 15.3 Å². The van der Waals surface area contributed by atoms with Crippen LogP contribution in [-0.2, 0) is 9.59 Å². The van der Waals surface area contributed by atoms with Gasteiger partial charge in [0, 0.05) is 11.3 Å². The molecule has 0 fully saturated rings. The van der Waals surface area contributed by atoms with E-state index < -0.39 is 18.0 Å². The number of carboxylic acids is 2. The van der Waals surface area contributed by atoms with Crippen LogP contribution in [0.25, 0.3) is 10.2 Å². The number of nitrogens with zero attached hydrogens (tertiary/aromatic N) is 2. The van der Waals surface area contributed by atoms with Gasteiger partial charge in [0.1, 0.15) is 16.7 Å². The maximum absolute atomic E-state index is 11.3. The third-order valence-electron chi connectivity index (χ3n) is 3.26. The van der Waals surface area contributed by atoms with Crippen LogP contribution in [-0.4, -0.2) is 38.2 Å². The van der Waals surface area contributed by atoms with E-state index in [1.165, 1.54) is 11.3 Å². The Hall–Kier alpha value is -1.93. The van der Waals surface area contributed by atoms with E-state index >= 15 is 0 Å². The number of hydrogen-bond acceptors (Lipinski definition) is 6. The molecule has 0 amide bonds. The molecule has 2 rings (SSSR count). The summed E-state index contributed by atoms with van der Waals surface area (Å²) in [7, 11) is 0. The topological polar surface area (TPSA) is 112 Å². The Morgan fingerprint density at radius 2 is 2.00 bits per heavy atom. The fourth-order valence-electron chi connectivity index (χ4n) is 2.02. The Kier molecular flexibility index (Phi) is 4.82. The first-order valence-electron chi connectivity index (χ1n) is 6.44. The van der Waals surface area contributed by atoms with Crippen LogP contribution in [0.2, 0.25) is 5.28 Å². The zero-order chi connectivity index (χ0) is 16.4. The summed E-state index contributed by atoms with van der Waals surface area (Å²) in [6.07, 6.45) is -0.316. The largest absolute Gasteiger partial charge is 0.481 e. The lowest BCUT2D eigenvalue weighted by molar-refractivity contribution is -0.139. The van der Waals surface area contributed by atoms with Gasteiger partial charge in [0.15, 0.2) is 0 Å². The first-order chi connectivity index (χ1) is 10.3. The smallest absolute Gasteiger partial charge is 0.326 e. The van der Waals surface area contributed by atoms with Crippen LogP contribution in [0.4, 0.5) is 5.82 Å². The lowest BCUT2D eigenvalue weighted by Crippen LogP contribution is -2.30. The molecule has 0 aliphatic carbocycles. The number of thiophene rings is 1. The van der Waals surface area contributed by atoms with Crippen molar-refractivity contribution in [3.63, 3.8) is 0 Å². The molecule has 0 bridgehead atoms. The van der Waals surface area contributed by atoms with Crippen molar-refractivity contribution in [1.82, 2.24) is 9.97 Å². The van der Waals surface area contributed by atoms with Crippen LogP contribution in [0, 0.1) is 13.8 Å². The highest BCUT2D eigenvalue weighted by Crippen LogP contribution is 2.34. The van der Waals surface area contributed by atoms with Crippen LogP contribution in [0.5, 0.6) is 0 Å². The minimum Gasteiger partial charge on any atom is -0.481 e. The van der Waals surface area contributed by atoms with Crippen molar-refractivity contribution >= 4 is 50.9 Å². The van der Waals surface area contributed by atoms with Crippen LogP contribution in [0.1, 0.15) is 23.3 Å². The van der Waals surface area contributed by atoms with E-state index in [4.69, 9.17) is 16.7 Å². The summed E-state index contributed by atoms with van der Waals surface area (Å²) in [5.74, 6) is -1.88. The summed E-state index contributed by atoms with van der Waals surface area (Å²) in [6.45, 7) is 3.82. The van der Waals surface area contributed by atoms with Gasteiger partial charge >= 0.3 is 11.9 Å². The molecule has 2 aromatic heterocycles. The molecular formula is C13H14ClN3O4S. The van der Waals surface area contributed by atoms with Crippen molar-refractivity contribution in [1.29, 1.82) is 0 Å². The highest BCUT2D eigenvalue weighted by Gasteiger charge is 2.22. The lowest BCUT2D eigenvalue weighted by atomic mass is 10.1. The Labute approximate surface area is 135 Å². The second kappa shape index (κ2) is 6.45. The van der Waals surface area contributed by atoms with Gasteiger partial charge < -0.3 is 15.5 Å². The molecule has 118 valence electrons. The Morgan fingerprint density at radius 3 is 2.59 bits per heavy atom. The molecule has 0 saturated carbocycles. The second-order valence-corrected chi connectivity index (χ2v) is 6.31. The first kappa shape index (κ1) is 16.4. The molecule has 1 atom stereocenters. The first-order valence-corrected chi connectivity index (χ1v) is 7.63. The SMILES string of the molecule is Cc1sc2nc(Cl)nc(NC(CCC(=O)O)C(=O)O)c2c1C. The van der Waals surface area contributed by atoms with E-state index in [1.807, 2.05) is 13.8 Å². The van der Waals surface area contributed by atoms with Crippen molar-refractivity contribution in [3.8, 4) is 0 Å². The molecule has 3 N–H and O–H groups in total. The van der Waals surface area contributed by atoms with Crippen molar-refractivity contribution < 1.29 is 19.8 Å². The fourth-order valence-corrected chi connectivity index (χ4v) is 3.27. The molecule has 0 saturated heterocycles. The molecule has 22 heavy (non-hydrogen) atoms. The molecule has 1 unspecified atom stereocenters. The van der Waals surface area contributed by atoms with Crippen LogP contribution in [0.15, 0.2) is 0 Å². The molecule has 7 nitrogen and oxygen atoms in total. The molecule has 0 aliphatic rings. The molecule has 9 heteroatoms. The van der Waals surface area contributed by atoms with Gasteiger partial charge in [0.25, 0.3) is 0 Å². The zero-order valence-electron chi connectivity index (χ0n) is 11.9. The van der Waals surface area contributed by atoms with Gasteiger partial charge in [0.2, 0.25) is 5.28 Å². The average Bonchev–Trinajstić information content (AvgIpc) is 2.68. The van der Waals surface area contributed by atoms with E-state index in [9.17, 15) is 14.7 Å². The highest BCUT2D eigenvalue weighted by atomic mass is 35.5. The standard InChI is InChI=1S/C13H14ClN3O4S/c1-5-6(2)22-11-9(5)10(16-13(14)17-11)15-7(12(20)21)3-4-8(18)19/h7H,3-4H2,1-2H3,(H,18,19)(H,20,21)(H,15,16,17). The van der Waals surface area contributed by atoms with Gasteiger partial charge in [-0.3, -0.25) is 4.79 Å². The van der Waals surface area contributed by atoms with E-state index in [0.29, 0.717) is 16.0 Å². The maximum Gasteiger partial charge on any atom is 0.326 e. The van der Waals surface area contributed by atoms with Crippen LogP contribution in [0.3, 0.4) is 0 Å². The number of aliphatic carboxylic acids is 2. The van der Waals surface area contributed by atoms with E-state index in [1.54, 1.807) is 0 Å². The van der Waals surface area contributed by atoms with Gasteiger partial charge in [0.05, 0.1) is 5.39 Å². The minimum atomic E-state index is -1.14. The summed E-state index contributed by atoms with van der Waals surface area (Å²) >= 11 is 7.32. The number of carbonyl (C=O) groups is 2. The predicted molar refractivity (Wildman–Crippen MR) is 83.8 cm³/mol. The summed E-state index contributed by atoms with van der Waals surface area (Å²) in [5.41, 5.74) is 0.946. The van der Waals surface area contributed by atoms with Crippen molar-refractivity contribution in [3.05, 3.63) is 15.7 Å². The molecular weight excluding hydrogens is 330 g/mol. The van der Waals surface area contributed by atoms with Crippen molar-refractivity contribution in [2.45, 2.75) is 32.7 Å². The van der Waals surface area contributed by atoms with Crippen molar-refractivity contribution in [2.75, 3.05) is 5.32 Å². The Morgan fingerprint density at radius 1 is 1.32 bits per heavy atom. The van der Waals surface area contributed by atoms with Gasteiger partial charge in [-0.2, -0.15) is 0 Å². The number of carboxylic acid groups (broad SMARTS) is 2. The molecule has 2 aromatic rings. The average molecular weight is 344 g/mol. The molecule has 0 spiro atoms. The van der Waals surface area contributed by atoms with Crippen LogP contribution >= 0.6 is 22.9 Å². The van der Waals surface area contributed by atoms with E-state index in [0.717, 1.165) is 10.4 Å². The van der Waals surface area contributed by atoms with Gasteiger partial charge in [-0.1, -0.05) is 0 Å². The summed E-state index contributed by atoms with van der Waals surface area (Å²) < 4.78 is 0. The second-order valence-electron chi connectivity index (χ2n) is 4.77. The normalized spacial score (nSPS) is 12.3. The Balaban J connectivity index is 2.40. The molecule has 0 aromatic carbocycles. The number of aromatic nitrogens is 2. The Bertz CT molecular complexity index is 746. The van der Waals surface area contributed by atoms with Gasteiger partial charge in [-0.15, -0.1) is 11.3 Å². The lowest BCUT2D eigenvalue weighted by Gasteiger charge is -2.15. The quantitative estimate of drug-likeness (QED) is 0.691. The number of anilines is 1. The molecule has 2 heterocycles. The number of fused-ring (bicyclic) bond motifs is 1.